The van der Waals surface area contributed by atoms with E-state index in [4.69, 9.17) is 0 Å². The highest BCUT2D eigenvalue weighted by Crippen LogP contribution is 2.20. The summed E-state index contributed by atoms with van der Waals surface area (Å²) in [4.78, 5) is 46.8. The summed E-state index contributed by atoms with van der Waals surface area (Å²) in [5, 5.41) is 25.1. The second-order valence-electron chi connectivity index (χ2n) is 7.57. The highest BCUT2D eigenvalue weighted by molar-refractivity contribution is 6.05. The zero-order chi connectivity index (χ0) is 25.7. The van der Waals surface area contributed by atoms with Crippen LogP contribution in [0.1, 0.15) is 31.8 Å². The number of benzene rings is 3. The van der Waals surface area contributed by atoms with Crippen LogP contribution in [0.2, 0.25) is 0 Å². The van der Waals surface area contributed by atoms with Crippen molar-refractivity contribution >= 4 is 29.2 Å². The number of nitro groups is 1. The van der Waals surface area contributed by atoms with Crippen LogP contribution in [0, 0.1) is 28.7 Å². The summed E-state index contributed by atoms with van der Waals surface area (Å²) in [5.74, 6) is -5.42. The van der Waals surface area contributed by atoms with Crippen molar-refractivity contribution in [2.75, 3.05) is 5.32 Å². The fourth-order valence-electron chi connectivity index (χ4n) is 3.27. The fourth-order valence-corrected chi connectivity index (χ4v) is 3.27. The molecule has 1 atom stereocenters. The molecule has 3 N–H and O–H groups in total. The molecule has 0 saturated carbocycles. The van der Waals surface area contributed by atoms with Gasteiger partial charge in [-0.3, -0.25) is 19.7 Å². The maximum absolute atomic E-state index is 13.8. The van der Waals surface area contributed by atoms with Crippen molar-refractivity contribution in [2.45, 2.75) is 19.4 Å². The minimum Gasteiger partial charge on any atom is -0.480 e. The number of rotatable bonds is 8. The molecule has 0 bridgehead atoms. The third-order valence-corrected chi connectivity index (χ3v) is 5.12. The fraction of sp³-hybridized carbons (Fsp3) is 0.125. The lowest BCUT2D eigenvalue weighted by atomic mass is 10.0. The van der Waals surface area contributed by atoms with Crippen molar-refractivity contribution < 1.29 is 33.2 Å². The predicted octanol–water partition coefficient (Wildman–Crippen LogP) is 3.86. The molecule has 0 spiro atoms. The van der Waals surface area contributed by atoms with Crippen molar-refractivity contribution in [1.82, 2.24) is 5.32 Å². The Kier molecular flexibility index (Phi) is 7.49. The average molecular weight is 483 g/mol. The van der Waals surface area contributed by atoms with Gasteiger partial charge in [-0.25, -0.2) is 13.6 Å². The van der Waals surface area contributed by atoms with E-state index >= 15 is 0 Å². The van der Waals surface area contributed by atoms with E-state index in [-0.39, 0.29) is 17.7 Å². The number of aryl methyl sites for hydroxylation is 1. The second-order valence-corrected chi connectivity index (χ2v) is 7.57. The SMILES string of the molecule is Cc1ccc([N+](=O)[O-])cc1C(=O)Nc1ccc(CC(NC(=O)c2c(F)cccc2F)C(=O)O)cc1. The smallest absolute Gasteiger partial charge is 0.326 e. The molecule has 1 unspecified atom stereocenters. The van der Waals surface area contributed by atoms with Gasteiger partial charge < -0.3 is 15.7 Å². The molecule has 0 aromatic heterocycles. The van der Waals surface area contributed by atoms with Crippen LogP contribution < -0.4 is 10.6 Å². The summed E-state index contributed by atoms with van der Waals surface area (Å²) >= 11 is 0. The molecule has 0 fully saturated rings. The molecule has 0 radical (unpaired) electrons. The molecule has 0 heterocycles. The monoisotopic (exact) mass is 483 g/mol. The first-order valence-electron chi connectivity index (χ1n) is 10.2. The van der Waals surface area contributed by atoms with Crippen molar-refractivity contribution in [3.63, 3.8) is 0 Å². The Morgan fingerprint density at radius 2 is 1.63 bits per heavy atom. The van der Waals surface area contributed by atoms with Gasteiger partial charge in [0.05, 0.1) is 4.92 Å². The van der Waals surface area contributed by atoms with E-state index in [1.165, 1.54) is 36.4 Å². The van der Waals surface area contributed by atoms with E-state index in [2.05, 4.69) is 10.6 Å². The molecule has 0 aliphatic heterocycles. The van der Waals surface area contributed by atoms with Gasteiger partial charge >= 0.3 is 5.97 Å². The van der Waals surface area contributed by atoms with Gasteiger partial charge in [0.1, 0.15) is 23.2 Å². The van der Waals surface area contributed by atoms with E-state index < -0.39 is 45.9 Å². The highest BCUT2D eigenvalue weighted by Gasteiger charge is 2.25. The molecule has 3 rings (SSSR count). The lowest BCUT2D eigenvalue weighted by molar-refractivity contribution is -0.384. The lowest BCUT2D eigenvalue weighted by Gasteiger charge is -2.16. The number of hydrogen-bond donors (Lipinski definition) is 3. The molecule has 9 nitrogen and oxygen atoms in total. The van der Waals surface area contributed by atoms with Crippen LogP contribution in [0.25, 0.3) is 0 Å². The number of amides is 2. The summed E-state index contributed by atoms with van der Waals surface area (Å²) < 4.78 is 27.6. The molecule has 0 aliphatic carbocycles. The molecule has 180 valence electrons. The number of halogens is 2. The van der Waals surface area contributed by atoms with Crippen LogP contribution in [-0.2, 0) is 11.2 Å². The maximum atomic E-state index is 13.8. The van der Waals surface area contributed by atoms with Crippen LogP contribution >= 0.6 is 0 Å². The van der Waals surface area contributed by atoms with Crippen molar-refractivity contribution in [2.24, 2.45) is 0 Å². The first kappa shape index (κ1) is 25.0. The van der Waals surface area contributed by atoms with Gasteiger partial charge in [0.25, 0.3) is 17.5 Å². The highest BCUT2D eigenvalue weighted by atomic mass is 19.1. The number of carbonyl (C=O) groups excluding carboxylic acids is 2. The average Bonchev–Trinajstić information content (AvgIpc) is 2.79. The summed E-state index contributed by atoms with van der Waals surface area (Å²) in [6.45, 7) is 1.63. The van der Waals surface area contributed by atoms with Gasteiger partial charge in [-0.2, -0.15) is 0 Å². The van der Waals surface area contributed by atoms with Crippen molar-refractivity contribution in [1.29, 1.82) is 0 Å². The number of nitro benzene ring substituents is 1. The number of carboxylic acids is 1. The van der Waals surface area contributed by atoms with E-state index in [0.717, 1.165) is 24.3 Å². The number of non-ortho nitro benzene ring substituents is 1. The lowest BCUT2D eigenvalue weighted by Crippen LogP contribution is -2.42. The zero-order valence-corrected chi connectivity index (χ0v) is 18.2. The molecule has 3 aromatic rings. The first-order valence-corrected chi connectivity index (χ1v) is 10.2. The summed E-state index contributed by atoms with van der Waals surface area (Å²) in [6.07, 6.45) is -0.199. The second kappa shape index (κ2) is 10.5. The first-order chi connectivity index (χ1) is 16.6. The van der Waals surface area contributed by atoms with E-state index in [0.29, 0.717) is 16.8 Å². The summed E-state index contributed by atoms with van der Waals surface area (Å²) in [6, 6.07) is 11.3. The Morgan fingerprint density at radius 1 is 1.00 bits per heavy atom. The van der Waals surface area contributed by atoms with E-state index in [9.17, 15) is 38.4 Å². The van der Waals surface area contributed by atoms with Crippen molar-refractivity contribution in [3.8, 4) is 0 Å². The molecule has 11 heteroatoms. The largest absolute Gasteiger partial charge is 0.480 e. The minimum absolute atomic E-state index is 0.123. The molecule has 35 heavy (non-hydrogen) atoms. The summed E-state index contributed by atoms with van der Waals surface area (Å²) in [7, 11) is 0. The van der Waals surface area contributed by atoms with Crippen LogP contribution in [0.4, 0.5) is 20.2 Å². The Bertz CT molecular complexity index is 1290. The van der Waals surface area contributed by atoms with E-state index in [1.54, 1.807) is 6.92 Å². The van der Waals surface area contributed by atoms with Crippen LogP contribution in [0.3, 0.4) is 0 Å². The van der Waals surface area contributed by atoms with E-state index in [1.807, 2.05) is 0 Å². The quantitative estimate of drug-likeness (QED) is 0.329. The van der Waals surface area contributed by atoms with Crippen LogP contribution in [-0.4, -0.2) is 33.9 Å². The van der Waals surface area contributed by atoms with Gasteiger partial charge in [0.2, 0.25) is 0 Å². The molecule has 0 saturated heterocycles. The van der Waals surface area contributed by atoms with Crippen molar-refractivity contribution in [3.05, 3.63) is 105 Å². The van der Waals surface area contributed by atoms with Crippen LogP contribution in [0.15, 0.2) is 60.7 Å². The zero-order valence-electron chi connectivity index (χ0n) is 18.2. The molecular formula is C24H19F2N3O6. The number of nitrogens with one attached hydrogen (secondary N) is 2. The summed E-state index contributed by atoms with van der Waals surface area (Å²) in [5.41, 5.74) is 0.347. The number of hydrogen-bond acceptors (Lipinski definition) is 5. The van der Waals surface area contributed by atoms with Crippen LogP contribution in [0.5, 0.6) is 0 Å². The topological polar surface area (TPSA) is 139 Å². The standard InChI is InChI=1S/C24H19F2N3O6/c1-13-5-10-16(29(34)35)12-17(13)22(30)27-15-8-6-14(7-9-15)11-20(24(32)33)28-23(31)21-18(25)3-2-4-19(21)26/h2-10,12,20H,11H2,1H3,(H,27,30)(H,28,31)(H,32,33). The van der Waals surface area contributed by atoms with Gasteiger partial charge in [0, 0.05) is 29.8 Å². The number of nitrogens with zero attached hydrogens (tertiary/aromatic N) is 1. The normalized spacial score (nSPS) is 11.4. The number of aliphatic carboxylic acids is 1. The molecular weight excluding hydrogens is 464 g/mol. The minimum atomic E-state index is -1.48. The third kappa shape index (κ3) is 6.02. The van der Waals surface area contributed by atoms with Gasteiger partial charge in [-0.1, -0.05) is 24.3 Å². The Hall–Kier alpha value is -4.67. The number of carboxylic acid groups (broad SMARTS) is 1. The number of anilines is 1. The maximum Gasteiger partial charge on any atom is 0.326 e. The Balaban J connectivity index is 1.70. The predicted molar refractivity (Wildman–Crippen MR) is 121 cm³/mol. The molecule has 2 amide bonds. The Labute approximate surface area is 197 Å². The molecule has 3 aromatic carbocycles. The van der Waals surface area contributed by atoms with Gasteiger partial charge in [-0.05, 0) is 42.3 Å². The van der Waals surface area contributed by atoms with Gasteiger partial charge in [0.15, 0.2) is 0 Å². The third-order valence-electron chi connectivity index (χ3n) is 5.12. The van der Waals surface area contributed by atoms with Gasteiger partial charge in [-0.15, -0.1) is 0 Å². The Morgan fingerprint density at radius 3 is 2.20 bits per heavy atom. The molecule has 0 aliphatic rings. The number of carbonyl (C=O) groups is 3.